The standard InChI is InChI=1S/C13H13N3S2/c1-2-9(11-4-3-6-17-11)16-13-12-10(5-7-18-12)14-8-15-13/h3-9H,2H2,1H3,(H,14,15,16). The number of rotatable bonds is 4. The number of aromatic nitrogens is 2. The van der Waals surface area contributed by atoms with Crippen LogP contribution in [0.15, 0.2) is 35.3 Å². The van der Waals surface area contributed by atoms with E-state index in [2.05, 4.69) is 45.1 Å². The number of nitrogens with zero attached hydrogens (tertiary/aromatic N) is 2. The summed E-state index contributed by atoms with van der Waals surface area (Å²) >= 11 is 3.46. The monoisotopic (exact) mass is 275 g/mol. The highest BCUT2D eigenvalue weighted by molar-refractivity contribution is 7.17. The topological polar surface area (TPSA) is 37.8 Å². The van der Waals surface area contributed by atoms with Gasteiger partial charge in [-0.3, -0.25) is 0 Å². The summed E-state index contributed by atoms with van der Waals surface area (Å²) in [5, 5.41) is 7.69. The maximum Gasteiger partial charge on any atom is 0.147 e. The van der Waals surface area contributed by atoms with Crippen LogP contribution in [0.2, 0.25) is 0 Å². The van der Waals surface area contributed by atoms with Crippen molar-refractivity contribution in [3.8, 4) is 0 Å². The van der Waals surface area contributed by atoms with E-state index in [1.807, 2.05) is 6.07 Å². The van der Waals surface area contributed by atoms with Crippen LogP contribution >= 0.6 is 22.7 Å². The molecule has 0 spiro atoms. The Balaban J connectivity index is 1.93. The van der Waals surface area contributed by atoms with Crippen LogP contribution in [0, 0.1) is 0 Å². The summed E-state index contributed by atoms with van der Waals surface area (Å²) in [5.74, 6) is 0.940. The van der Waals surface area contributed by atoms with Crippen LogP contribution in [-0.4, -0.2) is 9.97 Å². The van der Waals surface area contributed by atoms with Crippen LogP contribution in [0.25, 0.3) is 10.2 Å². The summed E-state index contributed by atoms with van der Waals surface area (Å²) in [7, 11) is 0. The molecule has 0 aliphatic rings. The second-order valence-electron chi connectivity index (χ2n) is 3.98. The first-order valence-corrected chi connectivity index (χ1v) is 7.62. The summed E-state index contributed by atoms with van der Waals surface area (Å²) in [5.41, 5.74) is 1.01. The maximum absolute atomic E-state index is 4.37. The molecule has 5 heteroatoms. The normalized spacial score (nSPS) is 12.7. The van der Waals surface area contributed by atoms with Crippen molar-refractivity contribution < 1.29 is 0 Å². The van der Waals surface area contributed by atoms with Gasteiger partial charge in [-0.1, -0.05) is 13.0 Å². The fourth-order valence-electron chi connectivity index (χ4n) is 1.92. The Hall–Kier alpha value is -1.46. The minimum atomic E-state index is 0.324. The van der Waals surface area contributed by atoms with Gasteiger partial charge in [0.2, 0.25) is 0 Å². The first-order chi connectivity index (χ1) is 8.88. The molecule has 0 saturated carbocycles. The zero-order valence-electron chi connectivity index (χ0n) is 9.96. The summed E-state index contributed by atoms with van der Waals surface area (Å²) in [6, 6.07) is 6.60. The van der Waals surface area contributed by atoms with Crippen molar-refractivity contribution in [2.75, 3.05) is 5.32 Å². The largest absolute Gasteiger partial charge is 0.361 e. The van der Waals surface area contributed by atoms with Gasteiger partial charge in [0, 0.05) is 4.88 Å². The van der Waals surface area contributed by atoms with E-state index in [0.717, 1.165) is 22.5 Å². The van der Waals surface area contributed by atoms with Gasteiger partial charge < -0.3 is 5.32 Å². The molecule has 3 aromatic heterocycles. The molecule has 92 valence electrons. The molecule has 0 fully saturated rings. The first kappa shape index (κ1) is 11.6. The third-order valence-electron chi connectivity index (χ3n) is 2.85. The number of hydrogen-bond donors (Lipinski definition) is 1. The molecule has 0 aliphatic heterocycles. The van der Waals surface area contributed by atoms with Gasteiger partial charge in [-0.25, -0.2) is 9.97 Å². The van der Waals surface area contributed by atoms with E-state index in [-0.39, 0.29) is 0 Å². The van der Waals surface area contributed by atoms with E-state index in [0.29, 0.717) is 6.04 Å². The van der Waals surface area contributed by atoms with Crippen LogP contribution in [-0.2, 0) is 0 Å². The van der Waals surface area contributed by atoms with E-state index in [1.165, 1.54) is 4.88 Å². The number of nitrogens with one attached hydrogen (secondary N) is 1. The van der Waals surface area contributed by atoms with E-state index < -0.39 is 0 Å². The van der Waals surface area contributed by atoms with E-state index in [1.54, 1.807) is 29.0 Å². The van der Waals surface area contributed by atoms with Crippen molar-refractivity contribution in [2.24, 2.45) is 0 Å². The number of fused-ring (bicyclic) bond motifs is 1. The number of thiophene rings is 2. The summed E-state index contributed by atoms with van der Waals surface area (Å²) in [6.07, 6.45) is 2.66. The summed E-state index contributed by atoms with van der Waals surface area (Å²) in [6.45, 7) is 2.18. The van der Waals surface area contributed by atoms with Gasteiger partial charge in [0.25, 0.3) is 0 Å². The minimum Gasteiger partial charge on any atom is -0.361 e. The molecule has 1 N–H and O–H groups in total. The number of hydrogen-bond acceptors (Lipinski definition) is 5. The van der Waals surface area contributed by atoms with E-state index in [4.69, 9.17) is 0 Å². The lowest BCUT2D eigenvalue weighted by molar-refractivity contribution is 0.760. The first-order valence-electron chi connectivity index (χ1n) is 5.86. The highest BCUT2D eigenvalue weighted by Crippen LogP contribution is 2.30. The molecular weight excluding hydrogens is 262 g/mol. The molecule has 0 amide bonds. The third-order valence-corrected chi connectivity index (χ3v) is 4.75. The molecule has 3 nitrogen and oxygen atoms in total. The van der Waals surface area contributed by atoms with Gasteiger partial charge in [0.05, 0.1) is 16.3 Å². The molecule has 18 heavy (non-hydrogen) atoms. The van der Waals surface area contributed by atoms with Crippen LogP contribution < -0.4 is 5.32 Å². The fraction of sp³-hybridized carbons (Fsp3) is 0.231. The van der Waals surface area contributed by atoms with Crippen molar-refractivity contribution in [1.29, 1.82) is 0 Å². The minimum absolute atomic E-state index is 0.324. The number of anilines is 1. The van der Waals surface area contributed by atoms with Crippen LogP contribution in [0.3, 0.4) is 0 Å². The fourth-order valence-corrected chi connectivity index (χ4v) is 3.58. The second-order valence-corrected chi connectivity index (χ2v) is 5.87. The Labute approximate surface area is 114 Å². The van der Waals surface area contributed by atoms with Crippen molar-refractivity contribution >= 4 is 38.7 Å². The molecule has 1 atom stereocenters. The molecule has 0 radical (unpaired) electrons. The molecule has 1 unspecified atom stereocenters. The van der Waals surface area contributed by atoms with Gasteiger partial charge in [0.1, 0.15) is 12.1 Å². The average Bonchev–Trinajstić information content (AvgIpc) is 3.06. The third kappa shape index (κ3) is 2.11. The Bertz CT molecular complexity index is 631. The zero-order chi connectivity index (χ0) is 12.4. The van der Waals surface area contributed by atoms with Crippen molar-refractivity contribution in [3.05, 3.63) is 40.2 Å². The lowest BCUT2D eigenvalue weighted by Gasteiger charge is -2.16. The lowest BCUT2D eigenvalue weighted by Crippen LogP contribution is -2.09. The average molecular weight is 275 g/mol. The van der Waals surface area contributed by atoms with E-state index >= 15 is 0 Å². The van der Waals surface area contributed by atoms with Gasteiger partial charge >= 0.3 is 0 Å². The molecule has 3 heterocycles. The quantitative estimate of drug-likeness (QED) is 0.770. The molecule has 0 saturated heterocycles. The predicted octanol–water partition coefficient (Wildman–Crippen LogP) is 4.32. The smallest absolute Gasteiger partial charge is 0.147 e. The Kier molecular flexibility index (Phi) is 3.25. The Morgan fingerprint density at radius 2 is 2.17 bits per heavy atom. The second kappa shape index (κ2) is 5.04. The van der Waals surface area contributed by atoms with Crippen LogP contribution in [0.1, 0.15) is 24.3 Å². The predicted molar refractivity (Wildman–Crippen MR) is 78.4 cm³/mol. The Morgan fingerprint density at radius 1 is 1.22 bits per heavy atom. The molecule has 0 aliphatic carbocycles. The van der Waals surface area contributed by atoms with Crippen LogP contribution in [0.4, 0.5) is 5.82 Å². The highest BCUT2D eigenvalue weighted by atomic mass is 32.1. The summed E-state index contributed by atoms with van der Waals surface area (Å²) in [4.78, 5) is 9.98. The van der Waals surface area contributed by atoms with Gasteiger partial charge in [-0.15, -0.1) is 22.7 Å². The van der Waals surface area contributed by atoms with E-state index in [9.17, 15) is 0 Å². The molecule has 3 aromatic rings. The van der Waals surface area contributed by atoms with Crippen molar-refractivity contribution in [1.82, 2.24) is 9.97 Å². The van der Waals surface area contributed by atoms with Gasteiger partial charge in [0.15, 0.2) is 0 Å². The lowest BCUT2D eigenvalue weighted by atomic mass is 10.2. The van der Waals surface area contributed by atoms with Crippen LogP contribution in [0.5, 0.6) is 0 Å². The Morgan fingerprint density at radius 3 is 2.94 bits per heavy atom. The van der Waals surface area contributed by atoms with Gasteiger partial charge in [-0.2, -0.15) is 0 Å². The van der Waals surface area contributed by atoms with Gasteiger partial charge in [-0.05, 0) is 29.3 Å². The molecule has 3 rings (SSSR count). The van der Waals surface area contributed by atoms with Crippen molar-refractivity contribution in [2.45, 2.75) is 19.4 Å². The molecular formula is C13H13N3S2. The molecule has 0 aromatic carbocycles. The van der Waals surface area contributed by atoms with Crippen molar-refractivity contribution in [3.63, 3.8) is 0 Å². The summed E-state index contributed by atoms with van der Waals surface area (Å²) < 4.78 is 1.13. The zero-order valence-corrected chi connectivity index (χ0v) is 11.6. The highest BCUT2D eigenvalue weighted by Gasteiger charge is 2.13. The maximum atomic E-state index is 4.37. The molecule has 0 bridgehead atoms. The SMILES string of the molecule is CCC(Nc1ncnc2ccsc12)c1cccs1.